The molecular formula is C22H25N5O3. The molecule has 3 aliphatic heterocycles. The van der Waals surface area contributed by atoms with Crippen molar-refractivity contribution in [2.45, 2.75) is 18.4 Å². The summed E-state index contributed by atoms with van der Waals surface area (Å²) in [5.41, 5.74) is 2.25. The number of piperidine rings is 1. The Balaban J connectivity index is 1.35. The van der Waals surface area contributed by atoms with Gasteiger partial charge >= 0.3 is 6.03 Å². The van der Waals surface area contributed by atoms with Gasteiger partial charge in [0.2, 0.25) is 0 Å². The molecule has 4 heterocycles. The van der Waals surface area contributed by atoms with Gasteiger partial charge in [-0.15, -0.1) is 0 Å². The SMILES string of the molecule is O=C(NC[C@H]1[C@@H]2CNC[C@@H](C2)c2cccc(=O)n21)c1cccc(N2CCNC2=O)c1. The number of aromatic nitrogens is 1. The number of anilines is 1. The molecule has 3 N–H and O–H groups in total. The predicted molar refractivity (Wildman–Crippen MR) is 113 cm³/mol. The largest absolute Gasteiger partial charge is 0.350 e. The molecule has 2 aromatic rings. The van der Waals surface area contributed by atoms with Crippen LogP contribution in [-0.4, -0.2) is 49.2 Å². The summed E-state index contributed by atoms with van der Waals surface area (Å²) in [5.74, 6) is 0.442. The van der Waals surface area contributed by atoms with Gasteiger partial charge in [-0.1, -0.05) is 12.1 Å². The lowest BCUT2D eigenvalue weighted by Gasteiger charge is -2.43. The van der Waals surface area contributed by atoms with E-state index in [9.17, 15) is 14.4 Å². The van der Waals surface area contributed by atoms with E-state index < -0.39 is 0 Å². The molecule has 30 heavy (non-hydrogen) atoms. The molecule has 3 aliphatic rings. The zero-order valence-corrected chi connectivity index (χ0v) is 16.6. The number of hydrogen-bond acceptors (Lipinski definition) is 4. The second-order valence-electron chi connectivity index (χ2n) is 8.22. The van der Waals surface area contributed by atoms with Crippen LogP contribution in [0.3, 0.4) is 0 Å². The number of nitrogens with zero attached hydrogens (tertiary/aromatic N) is 2. The van der Waals surface area contributed by atoms with Gasteiger partial charge in [-0.25, -0.2) is 4.79 Å². The maximum absolute atomic E-state index is 12.9. The summed E-state index contributed by atoms with van der Waals surface area (Å²) >= 11 is 0. The van der Waals surface area contributed by atoms with E-state index in [1.54, 1.807) is 29.2 Å². The molecule has 0 aliphatic carbocycles. The lowest BCUT2D eigenvalue weighted by atomic mass is 9.79. The molecule has 2 bridgehead atoms. The maximum atomic E-state index is 12.9. The van der Waals surface area contributed by atoms with Crippen molar-refractivity contribution in [3.8, 4) is 0 Å². The smallest absolute Gasteiger partial charge is 0.321 e. The summed E-state index contributed by atoms with van der Waals surface area (Å²) in [5, 5.41) is 9.26. The van der Waals surface area contributed by atoms with Gasteiger partial charge in [0, 0.05) is 61.7 Å². The van der Waals surface area contributed by atoms with Gasteiger partial charge in [0.1, 0.15) is 0 Å². The van der Waals surface area contributed by atoms with Crippen molar-refractivity contribution in [1.82, 2.24) is 20.5 Å². The molecule has 2 fully saturated rings. The minimum Gasteiger partial charge on any atom is -0.350 e. The molecule has 1 aromatic heterocycles. The van der Waals surface area contributed by atoms with E-state index in [4.69, 9.17) is 0 Å². The Labute approximate surface area is 174 Å². The quantitative estimate of drug-likeness (QED) is 0.706. The minimum atomic E-state index is -0.201. The number of rotatable bonds is 4. The molecule has 0 unspecified atom stereocenters. The number of hydrogen-bond donors (Lipinski definition) is 3. The first-order chi connectivity index (χ1) is 14.6. The third-order valence-corrected chi connectivity index (χ3v) is 6.45. The van der Waals surface area contributed by atoms with Crippen LogP contribution in [0.4, 0.5) is 10.5 Å². The van der Waals surface area contributed by atoms with Gasteiger partial charge in [-0.3, -0.25) is 14.5 Å². The zero-order chi connectivity index (χ0) is 20.7. The van der Waals surface area contributed by atoms with Crippen LogP contribution in [0, 0.1) is 5.92 Å². The van der Waals surface area contributed by atoms with Gasteiger partial charge in [0.05, 0.1) is 6.04 Å². The molecule has 8 nitrogen and oxygen atoms in total. The molecule has 3 amide bonds. The summed E-state index contributed by atoms with van der Waals surface area (Å²) in [6.07, 6.45) is 1.02. The van der Waals surface area contributed by atoms with Gasteiger partial charge in [0.25, 0.3) is 11.5 Å². The molecule has 156 valence electrons. The summed E-state index contributed by atoms with van der Waals surface area (Å²) in [6.45, 7) is 3.31. The molecular weight excluding hydrogens is 382 g/mol. The molecule has 8 heteroatoms. The van der Waals surface area contributed by atoms with Crippen LogP contribution >= 0.6 is 0 Å². The zero-order valence-electron chi connectivity index (χ0n) is 16.6. The molecule has 5 rings (SSSR count). The van der Waals surface area contributed by atoms with Gasteiger partial charge < -0.3 is 20.5 Å². The van der Waals surface area contributed by atoms with E-state index in [1.807, 2.05) is 22.8 Å². The van der Waals surface area contributed by atoms with E-state index in [0.29, 0.717) is 42.7 Å². The Morgan fingerprint density at radius 2 is 2.00 bits per heavy atom. The second kappa shape index (κ2) is 7.60. The predicted octanol–water partition coefficient (Wildman–Crippen LogP) is 1.06. The topological polar surface area (TPSA) is 95.5 Å². The van der Waals surface area contributed by atoms with Crippen molar-refractivity contribution in [2.24, 2.45) is 5.92 Å². The molecule has 0 radical (unpaired) electrons. The van der Waals surface area contributed by atoms with Crippen LogP contribution in [0.5, 0.6) is 0 Å². The third-order valence-electron chi connectivity index (χ3n) is 6.45. The summed E-state index contributed by atoms with van der Waals surface area (Å²) in [4.78, 5) is 39.0. The lowest BCUT2D eigenvalue weighted by Crippen LogP contribution is -2.50. The fourth-order valence-corrected chi connectivity index (χ4v) is 5.00. The van der Waals surface area contributed by atoms with Crippen molar-refractivity contribution in [3.05, 3.63) is 64.1 Å². The first kappa shape index (κ1) is 18.9. The van der Waals surface area contributed by atoms with Crippen molar-refractivity contribution >= 4 is 17.6 Å². The minimum absolute atomic E-state index is 0.00890. The first-order valence-corrected chi connectivity index (χ1v) is 10.5. The molecule has 0 saturated carbocycles. The Bertz CT molecular complexity index is 1050. The Morgan fingerprint density at radius 1 is 1.13 bits per heavy atom. The van der Waals surface area contributed by atoms with Crippen molar-refractivity contribution < 1.29 is 9.59 Å². The highest BCUT2D eigenvalue weighted by molar-refractivity contribution is 5.98. The van der Waals surface area contributed by atoms with E-state index in [0.717, 1.165) is 25.2 Å². The van der Waals surface area contributed by atoms with Crippen molar-refractivity contribution in [1.29, 1.82) is 0 Å². The van der Waals surface area contributed by atoms with E-state index in [-0.39, 0.29) is 23.5 Å². The summed E-state index contributed by atoms with van der Waals surface area (Å²) in [7, 11) is 0. The highest BCUT2D eigenvalue weighted by atomic mass is 16.2. The maximum Gasteiger partial charge on any atom is 0.321 e. The average molecular weight is 407 g/mol. The third kappa shape index (κ3) is 3.27. The molecule has 3 atom stereocenters. The van der Waals surface area contributed by atoms with Crippen LogP contribution in [0.2, 0.25) is 0 Å². The number of urea groups is 1. The molecule has 0 spiro atoms. The fourth-order valence-electron chi connectivity index (χ4n) is 5.00. The van der Waals surface area contributed by atoms with Crippen LogP contribution < -0.4 is 26.4 Å². The number of carbonyl (C=O) groups is 2. The van der Waals surface area contributed by atoms with E-state index >= 15 is 0 Å². The Morgan fingerprint density at radius 3 is 2.83 bits per heavy atom. The van der Waals surface area contributed by atoms with Crippen molar-refractivity contribution in [3.63, 3.8) is 0 Å². The number of fused-ring (bicyclic) bond motifs is 4. The van der Waals surface area contributed by atoms with Crippen LogP contribution in [0.15, 0.2) is 47.3 Å². The van der Waals surface area contributed by atoms with Crippen molar-refractivity contribution in [2.75, 3.05) is 37.6 Å². The molecule has 1 aromatic carbocycles. The van der Waals surface area contributed by atoms with Crippen LogP contribution in [0.1, 0.15) is 34.4 Å². The van der Waals surface area contributed by atoms with E-state index in [1.165, 1.54) is 0 Å². The average Bonchev–Trinajstić information content (AvgIpc) is 3.20. The standard InChI is InChI=1S/C22H25N5O3/c28-20-6-2-5-18-15-9-16(12-23-11-15)19(27(18)20)13-25-21(29)14-3-1-4-17(10-14)26-8-7-24-22(26)30/h1-6,10,15-16,19,23H,7-9,11-13H2,(H,24,30)(H,25,29)/t15-,16+,19+/m1/s1. The summed E-state index contributed by atoms with van der Waals surface area (Å²) < 4.78 is 1.88. The van der Waals surface area contributed by atoms with Gasteiger partial charge in [0.15, 0.2) is 0 Å². The van der Waals surface area contributed by atoms with Crippen LogP contribution in [0.25, 0.3) is 0 Å². The van der Waals surface area contributed by atoms with Gasteiger partial charge in [-0.05, 0) is 36.6 Å². The number of pyridine rings is 1. The molecule has 2 saturated heterocycles. The van der Waals surface area contributed by atoms with E-state index in [2.05, 4.69) is 16.0 Å². The summed E-state index contributed by atoms with van der Waals surface area (Å²) in [6, 6.07) is 12.3. The van der Waals surface area contributed by atoms with Crippen LogP contribution in [-0.2, 0) is 0 Å². The number of carbonyl (C=O) groups excluding carboxylic acids is 2. The van der Waals surface area contributed by atoms with Gasteiger partial charge in [-0.2, -0.15) is 0 Å². The second-order valence-corrected chi connectivity index (χ2v) is 8.22. The highest BCUT2D eigenvalue weighted by Gasteiger charge is 2.37. The Hall–Kier alpha value is -3.13. The number of benzene rings is 1. The monoisotopic (exact) mass is 407 g/mol. The first-order valence-electron chi connectivity index (χ1n) is 10.5. The Kier molecular flexibility index (Phi) is 4.78. The highest BCUT2D eigenvalue weighted by Crippen LogP contribution is 2.38. The lowest BCUT2D eigenvalue weighted by molar-refractivity contribution is 0.0932. The fraction of sp³-hybridized carbons (Fsp3) is 0.409. The number of amides is 3. The normalized spacial score (nSPS) is 24.9. The number of nitrogens with one attached hydrogen (secondary N) is 3.